The van der Waals surface area contributed by atoms with Gasteiger partial charge in [0.2, 0.25) is 0 Å². The van der Waals surface area contributed by atoms with Crippen LogP contribution in [0.25, 0.3) is 0 Å². The molecule has 3 nitrogen and oxygen atoms in total. The van der Waals surface area contributed by atoms with Crippen molar-refractivity contribution in [1.82, 2.24) is 0 Å². The maximum absolute atomic E-state index is 11.2. The number of hydrogen-bond acceptors (Lipinski definition) is 3. The highest BCUT2D eigenvalue weighted by Gasteiger charge is 2.08. The van der Waals surface area contributed by atoms with Gasteiger partial charge < -0.3 is 10.2 Å². The highest BCUT2D eigenvalue weighted by molar-refractivity contribution is 5.95. The molecule has 3 heteroatoms. The van der Waals surface area contributed by atoms with Gasteiger partial charge in [-0.25, -0.2) is 0 Å². The third-order valence-corrected chi connectivity index (χ3v) is 1.35. The Kier molecular flexibility index (Phi) is 2.44. The first-order chi connectivity index (χ1) is 5.20. The number of Topliss-reactive ketones (excluding diaryl/α,β-unsaturated/α-hetero) is 1. The molecular weight excluding hydrogens is 142 g/mol. The molecule has 1 rings (SSSR count). The Morgan fingerprint density at radius 1 is 1.82 bits per heavy atom. The second kappa shape index (κ2) is 3.34. The standard InChI is InChI=1S/C8H11NO2/c1-6(9)4-8(10)7-2-3-11-5-7/h2-3,5-6H,4,9H2,1H3/t6-/m1/s1. The molecule has 0 unspecified atom stereocenters. The monoisotopic (exact) mass is 153 g/mol. The van der Waals surface area contributed by atoms with E-state index in [9.17, 15) is 4.79 Å². The molecule has 1 aromatic rings. The van der Waals surface area contributed by atoms with Crippen molar-refractivity contribution in [2.45, 2.75) is 19.4 Å². The first kappa shape index (κ1) is 8.01. The van der Waals surface area contributed by atoms with Gasteiger partial charge in [-0.05, 0) is 13.0 Å². The SMILES string of the molecule is C[C@@H](N)CC(=O)c1ccoc1. The van der Waals surface area contributed by atoms with Crippen LogP contribution in [0.1, 0.15) is 23.7 Å². The molecule has 0 aliphatic rings. The molecule has 0 saturated heterocycles. The average Bonchev–Trinajstić information content (AvgIpc) is 2.35. The second-order valence-electron chi connectivity index (χ2n) is 2.62. The van der Waals surface area contributed by atoms with Gasteiger partial charge in [-0.1, -0.05) is 0 Å². The Labute approximate surface area is 65.2 Å². The maximum Gasteiger partial charge on any atom is 0.167 e. The first-order valence-corrected chi connectivity index (χ1v) is 3.51. The van der Waals surface area contributed by atoms with Crippen LogP contribution >= 0.6 is 0 Å². The molecule has 0 saturated carbocycles. The van der Waals surface area contributed by atoms with Gasteiger partial charge >= 0.3 is 0 Å². The topological polar surface area (TPSA) is 56.2 Å². The molecule has 0 bridgehead atoms. The van der Waals surface area contributed by atoms with Crippen molar-refractivity contribution in [3.8, 4) is 0 Å². The van der Waals surface area contributed by atoms with Gasteiger partial charge in [-0.3, -0.25) is 4.79 Å². The summed E-state index contributed by atoms with van der Waals surface area (Å²) in [5.74, 6) is 0.0359. The van der Waals surface area contributed by atoms with E-state index in [1.54, 1.807) is 13.0 Å². The number of ketones is 1. The van der Waals surface area contributed by atoms with Crippen molar-refractivity contribution in [3.05, 3.63) is 24.2 Å². The Balaban J connectivity index is 2.57. The molecule has 0 radical (unpaired) electrons. The lowest BCUT2D eigenvalue weighted by Crippen LogP contribution is -2.19. The van der Waals surface area contributed by atoms with Crippen LogP contribution in [-0.4, -0.2) is 11.8 Å². The Bertz CT molecular complexity index is 226. The molecule has 1 atom stereocenters. The predicted octanol–water partition coefficient (Wildman–Crippen LogP) is 1.20. The summed E-state index contributed by atoms with van der Waals surface area (Å²) in [6, 6.07) is 1.56. The largest absolute Gasteiger partial charge is 0.472 e. The van der Waals surface area contributed by atoms with Crippen LogP contribution in [0.3, 0.4) is 0 Å². The fraction of sp³-hybridized carbons (Fsp3) is 0.375. The molecule has 0 amide bonds. The van der Waals surface area contributed by atoms with Crippen LogP contribution < -0.4 is 5.73 Å². The molecule has 1 aromatic heterocycles. The van der Waals surface area contributed by atoms with Gasteiger partial charge in [-0.15, -0.1) is 0 Å². The average molecular weight is 153 g/mol. The first-order valence-electron chi connectivity index (χ1n) is 3.51. The highest BCUT2D eigenvalue weighted by Crippen LogP contribution is 2.04. The zero-order valence-electron chi connectivity index (χ0n) is 6.41. The van der Waals surface area contributed by atoms with Gasteiger partial charge in [0, 0.05) is 12.5 Å². The van der Waals surface area contributed by atoms with E-state index in [4.69, 9.17) is 10.2 Å². The third-order valence-electron chi connectivity index (χ3n) is 1.35. The van der Waals surface area contributed by atoms with Crippen LogP contribution in [0, 0.1) is 0 Å². The van der Waals surface area contributed by atoms with Gasteiger partial charge in [0.25, 0.3) is 0 Å². The lowest BCUT2D eigenvalue weighted by Gasteiger charge is -2.00. The number of nitrogens with two attached hydrogens (primary N) is 1. The molecule has 0 fully saturated rings. The minimum absolute atomic E-state index is 0.0359. The minimum Gasteiger partial charge on any atom is -0.472 e. The number of carbonyl (C=O) groups excluding carboxylic acids is 1. The van der Waals surface area contributed by atoms with Crippen molar-refractivity contribution in [2.24, 2.45) is 5.73 Å². The van der Waals surface area contributed by atoms with E-state index >= 15 is 0 Å². The number of furan rings is 1. The van der Waals surface area contributed by atoms with Crippen molar-refractivity contribution in [1.29, 1.82) is 0 Å². The minimum atomic E-state index is -0.0857. The summed E-state index contributed by atoms with van der Waals surface area (Å²) < 4.78 is 4.76. The molecule has 2 N–H and O–H groups in total. The van der Waals surface area contributed by atoms with Gasteiger partial charge in [-0.2, -0.15) is 0 Å². The molecule has 11 heavy (non-hydrogen) atoms. The molecule has 60 valence electrons. The van der Waals surface area contributed by atoms with Gasteiger partial charge in [0.05, 0.1) is 11.8 Å². The smallest absolute Gasteiger partial charge is 0.167 e. The fourth-order valence-electron chi connectivity index (χ4n) is 0.833. The van der Waals surface area contributed by atoms with E-state index < -0.39 is 0 Å². The number of carbonyl (C=O) groups is 1. The zero-order chi connectivity index (χ0) is 8.27. The summed E-state index contributed by atoms with van der Waals surface area (Å²) in [4.78, 5) is 11.2. The summed E-state index contributed by atoms with van der Waals surface area (Å²) in [5.41, 5.74) is 6.05. The Hall–Kier alpha value is -1.09. The molecule has 1 heterocycles. The van der Waals surface area contributed by atoms with Gasteiger partial charge in [0.1, 0.15) is 6.26 Å². The summed E-state index contributed by atoms with van der Waals surface area (Å²) in [6.07, 6.45) is 3.29. The Morgan fingerprint density at radius 3 is 3.00 bits per heavy atom. The summed E-state index contributed by atoms with van der Waals surface area (Å²) in [5, 5.41) is 0. The second-order valence-corrected chi connectivity index (χ2v) is 2.62. The van der Waals surface area contributed by atoms with Crippen molar-refractivity contribution in [3.63, 3.8) is 0 Å². The van der Waals surface area contributed by atoms with E-state index in [-0.39, 0.29) is 11.8 Å². The summed E-state index contributed by atoms with van der Waals surface area (Å²) >= 11 is 0. The number of rotatable bonds is 3. The molecule has 0 aliphatic heterocycles. The van der Waals surface area contributed by atoms with Crippen molar-refractivity contribution < 1.29 is 9.21 Å². The zero-order valence-corrected chi connectivity index (χ0v) is 6.41. The quantitative estimate of drug-likeness (QED) is 0.664. The van der Waals surface area contributed by atoms with Crippen LogP contribution in [0.15, 0.2) is 23.0 Å². The van der Waals surface area contributed by atoms with E-state index in [0.717, 1.165) is 0 Å². The lowest BCUT2D eigenvalue weighted by molar-refractivity contribution is 0.0976. The van der Waals surface area contributed by atoms with Crippen molar-refractivity contribution >= 4 is 5.78 Å². The molecule has 0 spiro atoms. The van der Waals surface area contributed by atoms with Crippen LogP contribution in [0.5, 0.6) is 0 Å². The molecular formula is C8H11NO2. The van der Waals surface area contributed by atoms with Gasteiger partial charge in [0.15, 0.2) is 5.78 Å². The lowest BCUT2D eigenvalue weighted by atomic mass is 10.1. The maximum atomic E-state index is 11.2. The van der Waals surface area contributed by atoms with E-state index in [0.29, 0.717) is 12.0 Å². The number of hydrogen-bond donors (Lipinski definition) is 1. The van der Waals surface area contributed by atoms with Crippen LogP contribution in [-0.2, 0) is 0 Å². The molecule has 0 aromatic carbocycles. The molecule has 0 aliphatic carbocycles. The summed E-state index contributed by atoms with van der Waals surface area (Å²) in [7, 11) is 0. The fourth-order valence-corrected chi connectivity index (χ4v) is 0.833. The Morgan fingerprint density at radius 2 is 2.55 bits per heavy atom. The third kappa shape index (κ3) is 2.20. The normalized spacial score (nSPS) is 12.9. The van der Waals surface area contributed by atoms with E-state index in [1.807, 2.05) is 0 Å². The van der Waals surface area contributed by atoms with Crippen LogP contribution in [0.4, 0.5) is 0 Å². The van der Waals surface area contributed by atoms with Crippen LogP contribution in [0.2, 0.25) is 0 Å². The van der Waals surface area contributed by atoms with E-state index in [1.165, 1.54) is 12.5 Å². The van der Waals surface area contributed by atoms with E-state index in [2.05, 4.69) is 0 Å². The predicted molar refractivity (Wildman–Crippen MR) is 41.3 cm³/mol. The highest BCUT2D eigenvalue weighted by atomic mass is 16.3. The summed E-state index contributed by atoms with van der Waals surface area (Å²) in [6.45, 7) is 1.80. The van der Waals surface area contributed by atoms with Crippen molar-refractivity contribution in [2.75, 3.05) is 0 Å².